The van der Waals surface area contributed by atoms with Crippen LogP contribution < -0.4 is 10.1 Å². The van der Waals surface area contributed by atoms with E-state index in [0.717, 1.165) is 23.1 Å². The van der Waals surface area contributed by atoms with Gasteiger partial charge in [-0.25, -0.2) is 0 Å². The number of carbonyl (C=O) groups excluding carboxylic acids is 2. The standard InChI is InChI=1S/C16H13N3O4S2/c1-22-11-6-4-10(5-7-11)15-18-19-16(23-15)25-9-13(20)17-14(21)12-3-2-8-24-12/h2-8H,9H2,1H3,(H,17,20,21). The Hall–Kier alpha value is -2.65. The van der Waals surface area contributed by atoms with Crippen molar-refractivity contribution in [2.45, 2.75) is 5.22 Å². The molecule has 25 heavy (non-hydrogen) atoms. The molecule has 0 aliphatic heterocycles. The van der Waals surface area contributed by atoms with Gasteiger partial charge in [0.05, 0.1) is 17.7 Å². The fourth-order valence-corrected chi connectivity index (χ4v) is 3.06. The number of hydrogen-bond donors (Lipinski definition) is 1. The van der Waals surface area contributed by atoms with Crippen LogP contribution in [0.5, 0.6) is 5.75 Å². The zero-order valence-corrected chi connectivity index (χ0v) is 14.7. The van der Waals surface area contributed by atoms with Crippen molar-refractivity contribution in [3.8, 4) is 17.2 Å². The van der Waals surface area contributed by atoms with Gasteiger partial charge in [0.2, 0.25) is 11.8 Å². The Morgan fingerprint density at radius 2 is 2.04 bits per heavy atom. The molecule has 0 bridgehead atoms. The van der Waals surface area contributed by atoms with Gasteiger partial charge in [0, 0.05) is 5.56 Å². The maximum atomic E-state index is 11.8. The molecule has 7 nitrogen and oxygen atoms in total. The van der Waals surface area contributed by atoms with Crippen molar-refractivity contribution in [1.82, 2.24) is 15.5 Å². The highest BCUT2D eigenvalue weighted by atomic mass is 32.2. The molecule has 0 saturated carbocycles. The topological polar surface area (TPSA) is 94.3 Å². The number of nitrogens with one attached hydrogen (secondary N) is 1. The van der Waals surface area contributed by atoms with Crippen LogP contribution in [0.25, 0.3) is 11.5 Å². The molecule has 0 radical (unpaired) electrons. The first-order valence-electron chi connectivity index (χ1n) is 7.14. The second-order valence-corrected chi connectivity index (χ2v) is 6.62. The van der Waals surface area contributed by atoms with Crippen LogP contribution in [0.1, 0.15) is 9.67 Å². The Kier molecular flexibility index (Phi) is 5.46. The van der Waals surface area contributed by atoms with Gasteiger partial charge in [0.25, 0.3) is 11.1 Å². The number of imide groups is 1. The van der Waals surface area contributed by atoms with Crippen molar-refractivity contribution in [2.24, 2.45) is 0 Å². The van der Waals surface area contributed by atoms with Crippen LogP contribution in [-0.2, 0) is 4.79 Å². The first-order valence-corrected chi connectivity index (χ1v) is 9.00. The van der Waals surface area contributed by atoms with Crippen LogP contribution in [0.15, 0.2) is 51.4 Å². The quantitative estimate of drug-likeness (QED) is 0.662. The van der Waals surface area contributed by atoms with Crippen LogP contribution in [0.4, 0.5) is 0 Å². The summed E-state index contributed by atoms with van der Waals surface area (Å²) in [5.74, 6) is 0.240. The molecule has 0 saturated heterocycles. The largest absolute Gasteiger partial charge is 0.497 e. The second kappa shape index (κ2) is 7.95. The number of thiophene rings is 1. The fourth-order valence-electron chi connectivity index (χ4n) is 1.88. The molecule has 0 atom stereocenters. The average Bonchev–Trinajstić information content (AvgIpc) is 3.32. The number of methoxy groups -OCH3 is 1. The third-order valence-electron chi connectivity index (χ3n) is 3.07. The lowest BCUT2D eigenvalue weighted by molar-refractivity contribution is -0.117. The molecule has 2 amide bonds. The van der Waals surface area contributed by atoms with E-state index in [4.69, 9.17) is 9.15 Å². The molecular formula is C16H13N3O4S2. The van der Waals surface area contributed by atoms with Crippen LogP contribution in [0.2, 0.25) is 0 Å². The molecule has 1 aromatic carbocycles. The summed E-state index contributed by atoms with van der Waals surface area (Å²) in [5, 5.41) is 12.2. The molecule has 0 spiro atoms. The van der Waals surface area contributed by atoms with Crippen LogP contribution >= 0.6 is 23.1 Å². The van der Waals surface area contributed by atoms with E-state index in [1.165, 1.54) is 11.3 Å². The number of benzene rings is 1. The minimum absolute atomic E-state index is 0.00135. The number of carbonyl (C=O) groups is 2. The monoisotopic (exact) mass is 375 g/mol. The van der Waals surface area contributed by atoms with Gasteiger partial charge in [0.15, 0.2) is 0 Å². The fraction of sp³-hybridized carbons (Fsp3) is 0.125. The maximum absolute atomic E-state index is 11.8. The predicted octanol–water partition coefficient (Wildman–Crippen LogP) is 2.86. The normalized spacial score (nSPS) is 10.4. The summed E-state index contributed by atoms with van der Waals surface area (Å²) in [6.45, 7) is 0. The number of thioether (sulfide) groups is 1. The first-order chi connectivity index (χ1) is 12.2. The number of hydrogen-bond acceptors (Lipinski definition) is 8. The average molecular weight is 375 g/mol. The zero-order chi connectivity index (χ0) is 17.6. The summed E-state index contributed by atoms with van der Waals surface area (Å²) in [5.41, 5.74) is 0.748. The summed E-state index contributed by atoms with van der Waals surface area (Å²) in [6.07, 6.45) is 0. The molecule has 3 rings (SSSR count). The predicted molar refractivity (Wildman–Crippen MR) is 93.8 cm³/mol. The molecule has 3 aromatic rings. The molecule has 1 N–H and O–H groups in total. The Morgan fingerprint density at radius 3 is 2.72 bits per heavy atom. The van der Waals surface area contributed by atoms with Gasteiger partial charge in [-0.15, -0.1) is 21.5 Å². The number of nitrogens with zero attached hydrogens (tertiary/aromatic N) is 2. The molecule has 2 heterocycles. The Balaban J connectivity index is 1.54. The highest BCUT2D eigenvalue weighted by Crippen LogP contribution is 2.24. The molecule has 0 unspecified atom stereocenters. The third kappa shape index (κ3) is 4.46. The summed E-state index contributed by atoms with van der Waals surface area (Å²) in [6, 6.07) is 10.6. The van der Waals surface area contributed by atoms with Gasteiger partial charge in [-0.05, 0) is 35.7 Å². The van der Waals surface area contributed by atoms with Crippen LogP contribution in [-0.4, -0.2) is 34.9 Å². The van der Waals surface area contributed by atoms with Gasteiger partial charge in [-0.2, -0.15) is 0 Å². The highest BCUT2D eigenvalue weighted by molar-refractivity contribution is 7.99. The van der Waals surface area contributed by atoms with Gasteiger partial charge in [-0.3, -0.25) is 14.9 Å². The van der Waals surface area contributed by atoms with Crippen LogP contribution in [0, 0.1) is 0 Å². The van der Waals surface area contributed by atoms with E-state index in [1.807, 2.05) is 0 Å². The minimum Gasteiger partial charge on any atom is -0.497 e. The van der Waals surface area contributed by atoms with Gasteiger partial charge in [-0.1, -0.05) is 17.8 Å². The second-order valence-electron chi connectivity index (χ2n) is 4.74. The smallest absolute Gasteiger partial charge is 0.277 e. The summed E-state index contributed by atoms with van der Waals surface area (Å²) in [7, 11) is 1.59. The molecule has 128 valence electrons. The van der Waals surface area contributed by atoms with E-state index in [0.29, 0.717) is 10.8 Å². The molecule has 2 aromatic heterocycles. The Labute approximate surface area is 151 Å². The van der Waals surface area contributed by atoms with Crippen molar-refractivity contribution >= 4 is 34.9 Å². The van der Waals surface area contributed by atoms with E-state index in [-0.39, 0.29) is 11.0 Å². The molecule has 0 fully saturated rings. The number of ether oxygens (including phenoxy) is 1. The molecule has 0 aliphatic rings. The highest BCUT2D eigenvalue weighted by Gasteiger charge is 2.14. The van der Waals surface area contributed by atoms with E-state index < -0.39 is 11.8 Å². The van der Waals surface area contributed by atoms with Crippen molar-refractivity contribution in [3.05, 3.63) is 46.7 Å². The summed E-state index contributed by atoms with van der Waals surface area (Å²) < 4.78 is 10.6. The van der Waals surface area contributed by atoms with Gasteiger partial charge in [0.1, 0.15) is 5.75 Å². The summed E-state index contributed by atoms with van der Waals surface area (Å²) >= 11 is 2.34. The molecule has 0 aliphatic carbocycles. The van der Waals surface area contributed by atoms with E-state index >= 15 is 0 Å². The molecule has 9 heteroatoms. The van der Waals surface area contributed by atoms with Crippen LogP contribution in [0.3, 0.4) is 0 Å². The third-order valence-corrected chi connectivity index (χ3v) is 4.76. The lowest BCUT2D eigenvalue weighted by atomic mass is 10.2. The zero-order valence-electron chi connectivity index (χ0n) is 13.1. The van der Waals surface area contributed by atoms with Crippen molar-refractivity contribution in [1.29, 1.82) is 0 Å². The number of rotatable bonds is 6. The van der Waals surface area contributed by atoms with Crippen molar-refractivity contribution in [3.63, 3.8) is 0 Å². The maximum Gasteiger partial charge on any atom is 0.277 e. The van der Waals surface area contributed by atoms with Crippen molar-refractivity contribution < 1.29 is 18.7 Å². The first kappa shape index (κ1) is 17.2. The summed E-state index contributed by atoms with van der Waals surface area (Å²) in [4.78, 5) is 24.1. The SMILES string of the molecule is COc1ccc(-c2nnc(SCC(=O)NC(=O)c3cccs3)o2)cc1. The number of aromatic nitrogens is 2. The van der Waals surface area contributed by atoms with Gasteiger partial charge >= 0.3 is 0 Å². The van der Waals surface area contributed by atoms with E-state index in [2.05, 4.69) is 15.5 Å². The number of amides is 2. The lowest BCUT2D eigenvalue weighted by Crippen LogP contribution is -2.31. The molecular weight excluding hydrogens is 362 g/mol. The van der Waals surface area contributed by atoms with E-state index in [1.54, 1.807) is 48.9 Å². The van der Waals surface area contributed by atoms with E-state index in [9.17, 15) is 9.59 Å². The lowest BCUT2D eigenvalue weighted by Gasteiger charge is -2.00. The Bertz CT molecular complexity index is 860. The van der Waals surface area contributed by atoms with Crippen molar-refractivity contribution in [2.75, 3.05) is 12.9 Å². The Morgan fingerprint density at radius 1 is 1.24 bits per heavy atom. The van der Waals surface area contributed by atoms with Gasteiger partial charge < -0.3 is 9.15 Å². The minimum atomic E-state index is -0.424.